The standard InChI is InChI=1S/C18H25N3O2/c1-20(15-8-4-2-5-9-15)18(23)19-14-12-17(22)21(13-14)16-10-6-3-7-11-16/h3,6-7,10-11,14-15H,2,4-5,8-9,12-13H2,1H3,(H,19,23)/t14-/m0/s1. The summed E-state index contributed by atoms with van der Waals surface area (Å²) in [5.74, 6) is 0.0711. The van der Waals surface area contributed by atoms with Gasteiger partial charge in [-0.05, 0) is 25.0 Å². The second kappa shape index (κ2) is 7.02. The van der Waals surface area contributed by atoms with Crippen LogP contribution >= 0.6 is 0 Å². The molecular weight excluding hydrogens is 290 g/mol. The average molecular weight is 315 g/mol. The van der Waals surface area contributed by atoms with Gasteiger partial charge in [0.15, 0.2) is 0 Å². The second-order valence-electron chi connectivity index (χ2n) is 6.59. The normalized spacial score (nSPS) is 22.2. The molecule has 23 heavy (non-hydrogen) atoms. The van der Waals surface area contributed by atoms with Gasteiger partial charge in [0.25, 0.3) is 0 Å². The predicted octanol–water partition coefficient (Wildman–Crippen LogP) is 2.77. The van der Waals surface area contributed by atoms with Crippen molar-refractivity contribution in [1.82, 2.24) is 10.2 Å². The van der Waals surface area contributed by atoms with Crippen LogP contribution in [0.15, 0.2) is 30.3 Å². The van der Waals surface area contributed by atoms with Gasteiger partial charge in [-0.3, -0.25) is 4.79 Å². The largest absolute Gasteiger partial charge is 0.333 e. The molecule has 0 radical (unpaired) electrons. The van der Waals surface area contributed by atoms with E-state index in [1.807, 2.05) is 42.3 Å². The molecule has 5 heteroatoms. The highest BCUT2D eigenvalue weighted by atomic mass is 16.2. The Balaban J connectivity index is 1.56. The van der Waals surface area contributed by atoms with Crippen LogP contribution in [-0.4, -0.2) is 42.5 Å². The molecule has 1 atom stereocenters. The minimum Gasteiger partial charge on any atom is -0.333 e. The number of carbonyl (C=O) groups excluding carboxylic acids is 2. The van der Waals surface area contributed by atoms with E-state index in [2.05, 4.69) is 5.32 Å². The van der Waals surface area contributed by atoms with Crippen molar-refractivity contribution >= 4 is 17.6 Å². The minimum atomic E-state index is -0.110. The number of rotatable bonds is 3. The monoisotopic (exact) mass is 315 g/mol. The maximum atomic E-state index is 12.4. The van der Waals surface area contributed by atoms with Crippen molar-refractivity contribution in [3.8, 4) is 0 Å². The number of anilines is 1. The Kier molecular flexibility index (Phi) is 4.84. The molecule has 0 spiro atoms. The SMILES string of the molecule is CN(C(=O)N[C@H]1CC(=O)N(c2ccccc2)C1)C1CCCCC1. The van der Waals surface area contributed by atoms with Crippen molar-refractivity contribution in [2.75, 3.05) is 18.5 Å². The summed E-state index contributed by atoms with van der Waals surface area (Å²) in [6, 6.07) is 9.81. The number of amides is 3. The lowest BCUT2D eigenvalue weighted by Gasteiger charge is -2.32. The van der Waals surface area contributed by atoms with E-state index >= 15 is 0 Å². The van der Waals surface area contributed by atoms with Crippen LogP contribution in [0.25, 0.3) is 0 Å². The molecule has 124 valence electrons. The summed E-state index contributed by atoms with van der Waals surface area (Å²) in [5.41, 5.74) is 0.898. The van der Waals surface area contributed by atoms with Crippen molar-refractivity contribution in [2.45, 2.75) is 50.6 Å². The van der Waals surface area contributed by atoms with E-state index in [4.69, 9.17) is 0 Å². The summed E-state index contributed by atoms with van der Waals surface area (Å²) in [7, 11) is 1.87. The highest BCUT2D eigenvalue weighted by Gasteiger charge is 2.33. The summed E-state index contributed by atoms with van der Waals surface area (Å²) in [6.07, 6.45) is 6.22. The Morgan fingerprint density at radius 1 is 1.17 bits per heavy atom. The highest BCUT2D eigenvalue weighted by molar-refractivity contribution is 5.96. The zero-order valence-corrected chi connectivity index (χ0v) is 13.7. The molecule has 1 aromatic rings. The fourth-order valence-corrected chi connectivity index (χ4v) is 3.57. The van der Waals surface area contributed by atoms with E-state index in [0.717, 1.165) is 18.5 Å². The van der Waals surface area contributed by atoms with E-state index in [9.17, 15) is 9.59 Å². The topological polar surface area (TPSA) is 52.7 Å². The summed E-state index contributed by atoms with van der Waals surface area (Å²) in [6.45, 7) is 0.549. The predicted molar refractivity (Wildman–Crippen MR) is 90.4 cm³/mol. The first-order valence-corrected chi connectivity index (χ1v) is 8.54. The van der Waals surface area contributed by atoms with Crippen LogP contribution in [0.1, 0.15) is 38.5 Å². The quantitative estimate of drug-likeness (QED) is 0.932. The van der Waals surface area contributed by atoms with Gasteiger partial charge in [-0.2, -0.15) is 0 Å². The van der Waals surface area contributed by atoms with E-state index in [-0.39, 0.29) is 18.0 Å². The molecule has 0 unspecified atom stereocenters. The molecule has 2 fully saturated rings. The Bertz CT molecular complexity index is 555. The number of benzene rings is 1. The van der Waals surface area contributed by atoms with Crippen LogP contribution in [0.2, 0.25) is 0 Å². The van der Waals surface area contributed by atoms with Gasteiger partial charge in [0.05, 0.1) is 6.04 Å². The number of nitrogens with zero attached hydrogens (tertiary/aromatic N) is 2. The fourth-order valence-electron chi connectivity index (χ4n) is 3.57. The number of urea groups is 1. The fraction of sp³-hybridized carbons (Fsp3) is 0.556. The molecule has 3 amide bonds. The Morgan fingerprint density at radius 3 is 2.57 bits per heavy atom. The lowest BCUT2D eigenvalue weighted by atomic mass is 9.95. The van der Waals surface area contributed by atoms with Gasteiger partial charge in [-0.1, -0.05) is 37.5 Å². The molecule has 1 heterocycles. The summed E-state index contributed by atoms with van der Waals surface area (Å²) in [4.78, 5) is 28.2. The smallest absolute Gasteiger partial charge is 0.317 e. The maximum Gasteiger partial charge on any atom is 0.317 e. The van der Waals surface area contributed by atoms with Gasteiger partial charge < -0.3 is 15.1 Å². The molecule has 3 rings (SSSR count). The van der Waals surface area contributed by atoms with Gasteiger partial charge in [-0.25, -0.2) is 4.79 Å². The number of hydrogen-bond donors (Lipinski definition) is 1. The average Bonchev–Trinajstić information content (AvgIpc) is 2.96. The van der Waals surface area contributed by atoms with Crippen LogP contribution in [0.3, 0.4) is 0 Å². The summed E-state index contributed by atoms with van der Waals surface area (Å²) >= 11 is 0. The third-order valence-electron chi connectivity index (χ3n) is 4.96. The number of para-hydroxylation sites is 1. The van der Waals surface area contributed by atoms with Crippen LogP contribution in [0.5, 0.6) is 0 Å². The molecule has 1 saturated carbocycles. The summed E-state index contributed by atoms with van der Waals surface area (Å²) in [5, 5.41) is 3.03. The molecule has 5 nitrogen and oxygen atoms in total. The molecule has 0 aromatic heterocycles. The van der Waals surface area contributed by atoms with Crippen LogP contribution in [0.4, 0.5) is 10.5 Å². The van der Waals surface area contributed by atoms with Crippen molar-refractivity contribution in [3.63, 3.8) is 0 Å². The van der Waals surface area contributed by atoms with Crippen molar-refractivity contribution in [1.29, 1.82) is 0 Å². The Hall–Kier alpha value is -2.04. The number of hydrogen-bond acceptors (Lipinski definition) is 2. The number of carbonyl (C=O) groups is 2. The van der Waals surface area contributed by atoms with Gasteiger partial charge >= 0.3 is 6.03 Å². The van der Waals surface area contributed by atoms with Gasteiger partial charge in [0.2, 0.25) is 5.91 Å². The van der Waals surface area contributed by atoms with Gasteiger partial charge in [-0.15, -0.1) is 0 Å². The Morgan fingerprint density at radius 2 is 1.87 bits per heavy atom. The molecule has 1 N–H and O–H groups in total. The third-order valence-corrected chi connectivity index (χ3v) is 4.96. The minimum absolute atomic E-state index is 0.0513. The van der Waals surface area contributed by atoms with E-state index in [0.29, 0.717) is 19.0 Å². The maximum absolute atomic E-state index is 12.4. The van der Waals surface area contributed by atoms with Crippen LogP contribution in [-0.2, 0) is 4.79 Å². The van der Waals surface area contributed by atoms with Crippen molar-refractivity contribution in [2.24, 2.45) is 0 Å². The third kappa shape index (κ3) is 3.66. The number of nitrogens with one attached hydrogen (secondary N) is 1. The zero-order chi connectivity index (χ0) is 16.2. The summed E-state index contributed by atoms with van der Waals surface area (Å²) < 4.78 is 0. The molecule has 1 aliphatic carbocycles. The zero-order valence-electron chi connectivity index (χ0n) is 13.7. The first-order chi connectivity index (χ1) is 11.1. The van der Waals surface area contributed by atoms with Crippen molar-refractivity contribution < 1.29 is 9.59 Å². The van der Waals surface area contributed by atoms with E-state index < -0.39 is 0 Å². The van der Waals surface area contributed by atoms with E-state index in [1.165, 1.54) is 19.3 Å². The molecule has 1 aromatic carbocycles. The van der Waals surface area contributed by atoms with Crippen LogP contribution < -0.4 is 10.2 Å². The van der Waals surface area contributed by atoms with Gasteiger partial charge in [0.1, 0.15) is 0 Å². The molecule has 0 bridgehead atoms. The second-order valence-corrected chi connectivity index (χ2v) is 6.59. The first kappa shape index (κ1) is 15.8. The lowest BCUT2D eigenvalue weighted by Crippen LogP contribution is -2.48. The van der Waals surface area contributed by atoms with E-state index in [1.54, 1.807) is 4.90 Å². The van der Waals surface area contributed by atoms with Crippen molar-refractivity contribution in [3.05, 3.63) is 30.3 Å². The molecular formula is C18H25N3O2. The highest BCUT2D eigenvalue weighted by Crippen LogP contribution is 2.23. The first-order valence-electron chi connectivity index (χ1n) is 8.54. The Labute approximate surface area is 137 Å². The lowest BCUT2D eigenvalue weighted by molar-refractivity contribution is -0.117. The van der Waals surface area contributed by atoms with Gasteiger partial charge in [0, 0.05) is 31.7 Å². The van der Waals surface area contributed by atoms with Crippen LogP contribution in [0, 0.1) is 0 Å². The molecule has 2 aliphatic rings. The molecule has 1 saturated heterocycles. The molecule has 1 aliphatic heterocycles.